The van der Waals surface area contributed by atoms with Crippen molar-refractivity contribution in [2.24, 2.45) is 0 Å². The summed E-state index contributed by atoms with van der Waals surface area (Å²) in [5.41, 5.74) is 1.10. The first-order valence-electron chi connectivity index (χ1n) is 5.91. The van der Waals surface area contributed by atoms with E-state index in [0.717, 1.165) is 23.8 Å². The number of aromatic nitrogens is 3. The molecule has 1 N–H and O–H groups in total. The fourth-order valence-electron chi connectivity index (χ4n) is 1.58. The quantitative estimate of drug-likeness (QED) is 0.886. The lowest BCUT2D eigenvalue weighted by molar-refractivity contribution is 0.593. The molecule has 0 aliphatic carbocycles. The molecule has 2 aromatic heterocycles. The van der Waals surface area contributed by atoms with E-state index in [1.54, 1.807) is 11.3 Å². The Labute approximate surface area is 106 Å². The predicted octanol–water partition coefficient (Wildman–Crippen LogP) is 2.52. The molecular weight excluding hydrogens is 232 g/mol. The molecule has 0 atom stereocenters. The summed E-state index contributed by atoms with van der Waals surface area (Å²) in [5, 5.41) is 8.71. The lowest BCUT2D eigenvalue weighted by Gasteiger charge is -2.04. The molecule has 0 aliphatic rings. The topological polar surface area (TPSA) is 42.7 Å². The van der Waals surface area contributed by atoms with Crippen LogP contribution in [0.15, 0.2) is 18.5 Å². The minimum Gasteiger partial charge on any atom is -0.310 e. The van der Waals surface area contributed by atoms with Gasteiger partial charge in [-0.25, -0.2) is 4.98 Å². The minimum absolute atomic E-state index is 0.502. The van der Waals surface area contributed by atoms with E-state index < -0.39 is 0 Å². The largest absolute Gasteiger partial charge is 0.310 e. The Bertz CT molecular complexity index is 472. The normalized spacial score (nSPS) is 11.3. The molecule has 0 fully saturated rings. The van der Waals surface area contributed by atoms with Crippen molar-refractivity contribution < 1.29 is 0 Å². The van der Waals surface area contributed by atoms with Gasteiger partial charge in [0.1, 0.15) is 5.01 Å². The molecule has 0 bridgehead atoms. The van der Waals surface area contributed by atoms with E-state index in [1.165, 1.54) is 4.88 Å². The van der Waals surface area contributed by atoms with Crippen molar-refractivity contribution in [2.45, 2.75) is 39.9 Å². The van der Waals surface area contributed by atoms with E-state index in [0.29, 0.717) is 6.04 Å². The maximum Gasteiger partial charge on any atom is 0.141 e. The Morgan fingerprint density at radius 2 is 2.29 bits per heavy atom. The summed E-state index contributed by atoms with van der Waals surface area (Å²) in [4.78, 5) is 5.72. The average molecular weight is 250 g/mol. The third-order valence-electron chi connectivity index (χ3n) is 2.47. The highest BCUT2D eigenvalue weighted by Gasteiger charge is 2.09. The van der Waals surface area contributed by atoms with E-state index >= 15 is 0 Å². The van der Waals surface area contributed by atoms with Gasteiger partial charge in [-0.05, 0) is 13.0 Å². The standard InChI is InChI=1S/C12H18N4S/c1-4-16-11(5-6-15-16)12-14-8-10(17-12)7-13-9(2)3/h5-6,8-9,13H,4,7H2,1-3H3. The highest BCUT2D eigenvalue weighted by atomic mass is 32.1. The van der Waals surface area contributed by atoms with Crippen LogP contribution in [0.1, 0.15) is 25.6 Å². The maximum absolute atomic E-state index is 4.46. The second-order valence-corrected chi connectivity index (χ2v) is 5.31. The van der Waals surface area contributed by atoms with Crippen molar-refractivity contribution in [1.29, 1.82) is 0 Å². The third kappa shape index (κ3) is 2.92. The van der Waals surface area contributed by atoms with Crippen molar-refractivity contribution in [3.63, 3.8) is 0 Å². The van der Waals surface area contributed by atoms with Crippen LogP contribution in [0.25, 0.3) is 10.7 Å². The zero-order valence-corrected chi connectivity index (χ0v) is 11.3. The zero-order valence-electron chi connectivity index (χ0n) is 10.5. The Morgan fingerprint density at radius 1 is 1.47 bits per heavy atom. The highest BCUT2D eigenvalue weighted by molar-refractivity contribution is 7.15. The molecule has 0 aliphatic heterocycles. The summed E-state index contributed by atoms with van der Waals surface area (Å²) in [5.74, 6) is 0. The van der Waals surface area contributed by atoms with Crippen molar-refractivity contribution >= 4 is 11.3 Å². The smallest absolute Gasteiger partial charge is 0.141 e. The molecule has 2 heterocycles. The molecule has 17 heavy (non-hydrogen) atoms. The second-order valence-electron chi connectivity index (χ2n) is 4.20. The van der Waals surface area contributed by atoms with E-state index in [9.17, 15) is 0 Å². The monoisotopic (exact) mass is 250 g/mol. The molecule has 0 spiro atoms. The van der Waals surface area contributed by atoms with Crippen molar-refractivity contribution in [2.75, 3.05) is 0 Å². The Hall–Kier alpha value is -1.20. The van der Waals surface area contributed by atoms with Crippen LogP contribution in [0.3, 0.4) is 0 Å². The van der Waals surface area contributed by atoms with Gasteiger partial charge in [-0.3, -0.25) is 4.68 Å². The summed E-state index contributed by atoms with van der Waals surface area (Å²) < 4.78 is 1.97. The van der Waals surface area contributed by atoms with Gasteiger partial charge in [-0.2, -0.15) is 5.10 Å². The summed E-state index contributed by atoms with van der Waals surface area (Å²) in [6.45, 7) is 8.14. The van der Waals surface area contributed by atoms with E-state index in [-0.39, 0.29) is 0 Å². The number of aryl methyl sites for hydroxylation is 1. The van der Waals surface area contributed by atoms with E-state index in [4.69, 9.17) is 0 Å². The van der Waals surface area contributed by atoms with Gasteiger partial charge in [-0.1, -0.05) is 13.8 Å². The Kier molecular flexibility index (Phi) is 3.91. The molecule has 92 valence electrons. The van der Waals surface area contributed by atoms with Crippen molar-refractivity contribution in [1.82, 2.24) is 20.1 Å². The summed E-state index contributed by atoms with van der Waals surface area (Å²) in [6, 6.07) is 2.52. The van der Waals surface area contributed by atoms with Gasteiger partial charge >= 0.3 is 0 Å². The Morgan fingerprint density at radius 3 is 3.00 bits per heavy atom. The SMILES string of the molecule is CCn1nccc1-c1ncc(CNC(C)C)s1. The first-order chi connectivity index (χ1) is 8.20. The van der Waals surface area contributed by atoms with Crippen LogP contribution in [0.2, 0.25) is 0 Å². The second kappa shape index (κ2) is 5.42. The van der Waals surface area contributed by atoms with Gasteiger partial charge in [0, 0.05) is 36.4 Å². The Balaban J connectivity index is 2.12. The minimum atomic E-state index is 0.502. The summed E-state index contributed by atoms with van der Waals surface area (Å²) in [6.07, 6.45) is 3.77. The van der Waals surface area contributed by atoms with E-state index in [1.807, 2.05) is 23.1 Å². The number of nitrogens with zero attached hydrogens (tertiary/aromatic N) is 3. The lowest BCUT2D eigenvalue weighted by atomic mass is 10.4. The highest BCUT2D eigenvalue weighted by Crippen LogP contribution is 2.24. The molecule has 0 aromatic carbocycles. The molecule has 2 rings (SSSR count). The average Bonchev–Trinajstić information content (AvgIpc) is 2.94. The number of rotatable bonds is 5. The first kappa shape index (κ1) is 12.3. The molecule has 4 nitrogen and oxygen atoms in total. The van der Waals surface area contributed by atoms with Gasteiger partial charge in [0.05, 0.1) is 5.69 Å². The third-order valence-corrected chi connectivity index (χ3v) is 3.49. The van der Waals surface area contributed by atoms with Gasteiger partial charge < -0.3 is 5.32 Å². The molecule has 5 heteroatoms. The predicted molar refractivity (Wildman–Crippen MR) is 71.0 cm³/mol. The molecule has 0 unspecified atom stereocenters. The molecule has 2 aromatic rings. The number of hydrogen-bond acceptors (Lipinski definition) is 4. The van der Waals surface area contributed by atoms with Crippen LogP contribution >= 0.6 is 11.3 Å². The molecular formula is C12H18N4S. The van der Waals surface area contributed by atoms with Gasteiger partial charge in [0.15, 0.2) is 0 Å². The molecule has 0 radical (unpaired) electrons. The number of thiazole rings is 1. The van der Waals surface area contributed by atoms with Crippen molar-refractivity contribution in [3.05, 3.63) is 23.3 Å². The molecule has 0 saturated heterocycles. The van der Waals surface area contributed by atoms with Gasteiger partial charge in [0.25, 0.3) is 0 Å². The van der Waals surface area contributed by atoms with Crippen LogP contribution in [0.4, 0.5) is 0 Å². The lowest BCUT2D eigenvalue weighted by Crippen LogP contribution is -2.21. The van der Waals surface area contributed by atoms with Gasteiger partial charge in [-0.15, -0.1) is 11.3 Å². The fourth-order valence-corrected chi connectivity index (χ4v) is 2.47. The fraction of sp³-hybridized carbons (Fsp3) is 0.500. The summed E-state index contributed by atoms with van der Waals surface area (Å²) in [7, 11) is 0. The van der Waals surface area contributed by atoms with Crippen LogP contribution in [0.5, 0.6) is 0 Å². The zero-order chi connectivity index (χ0) is 12.3. The number of nitrogens with one attached hydrogen (secondary N) is 1. The van der Waals surface area contributed by atoms with Crippen LogP contribution in [-0.2, 0) is 13.1 Å². The molecule has 0 saturated carbocycles. The van der Waals surface area contributed by atoms with Crippen LogP contribution in [0, 0.1) is 0 Å². The maximum atomic E-state index is 4.46. The molecule has 0 amide bonds. The number of hydrogen-bond donors (Lipinski definition) is 1. The van der Waals surface area contributed by atoms with Crippen molar-refractivity contribution in [3.8, 4) is 10.7 Å². The van der Waals surface area contributed by atoms with Crippen LogP contribution in [-0.4, -0.2) is 20.8 Å². The first-order valence-corrected chi connectivity index (χ1v) is 6.72. The summed E-state index contributed by atoms with van der Waals surface area (Å²) >= 11 is 1.73. The van der Waals surface area contributed by atoms with Crippen LogP contribution < -0.4 is 5.32 Å². The van der Waals surface area contributed by atoms with E-state index in [2.05, 4.69) is 36.2 Å². The van der Waals surface area contributed by atoms with Gasteiger partial charge in [0.2, 0.25) is 0 Å².